The van der Waals surface area contributed by atoms with Crippen molar-refractivity contribution in [3.63, 3.8) is 0 Å². The molecule has 1 aliphatic heterocycles. The largest absolute Gasteiger partial charge is 0.453 e. The molecule has 0 bridgehead atoms. The molecule has 25 heavy (non-hydrogen) atoms. The van der Waals surface area contributed by atoms with Crippen LogP contribution in [0.3, 0.4) is 0 Å². The third-order valence-electron chi connectivity index (χ3n) is 5.55. The Hall–Kier alpha value is -1.88. The van der Waals surface area contributed by atoms with Gasteiger partial charge in [0.05, 0.1) is 13.2 Å². The summed E-state index contributed by atoms with van der Waals surface area (Å²) in [4.78, 5) is 26.1. The molecule has 1 atom stereocenters. The van der Waals surface area contributed by atoms with Gasteiger partial charge in [0.25, 0.3) is 0 Å². The Labute approximate surface area is 149 Å². The summed E-state index contributed by atoms with van der Waals surface area (Å²) in [5.74, 6) is 0.516. The minimum absolute atomic E-state index is 0.000770. The molecule has 1 amide bonds. The van der Waals surface area contributed by atoms with Gasteiger partial charge < -0.3 is 9.47 Å². The number of piperidine rings is 1. The van der Waals surface area contributed by atoms with Crippen LogP contribution < -0.4 is 0 Å². The van der Waals surface area contributed by atoms with Crippen LogP contribution in [0.1, 0.15) is 56.9 Å². The number of carbonyl (C=O) groups excluding carboxylic acids is 2. The van der Waals surface area contributed by atoms with Crippen molar-refractivity contribution in [2.45, 2.75) is 63.2 Å². The first-order chi connectivity index (χ1) is 12.0. The van der Waals surface area contributed by atoms with Crippen LogP contribution in [-0.2, 0) is 14.3 Å². The number of carbonyl (C=O) groups is 2. The van der Waals surface area contributed by atoms with Gasteiger partial charge in [0, 0.05) is 13.0 Å². The van der Waals surface area contributed by atoms with Gasteiger partial charge >= 0.3 is 6.09 Å². The van der Waals surface area contributed by atoms with E-state index >= 15 is 0 Å². The molecule has 136 valence electrons. The third kappa shape index (κ3) is 3.71. The van der Waals surface area contributed by atoms with Crippen molar-refractivity contribution in [1.29, 1.82) is 0 Å². The number of nitrogens with zero attached hydrogens (tertiary/aromatic N) is 1. The van der Waals surface area contributed by atoms with Crippen LogP contribution in [0.25, 0.3) is 0 Å². The zero-order valence-corrected chi connectivity index (χ0v) is 15.1. The van der Waals surface area contributed by atoms with Gasteiger partial charge in [0.2, 0.25) is 5.72 Å². The van der Waals surface area contributed by atoms with Crippen LogP contribution in [0.4, 0.5) is 4.79 Å². The first-order valence-corrected chi connectivity index (χ1v) is 9.16. The second-order valence-electron chi connectivity index (χ2n) is 7.13. The zero-order valence-electron chi connectivity index (χ0n) is 15.1. The number of ether oxygens (including phenoxy) is 2. The van der Waals surface area contributed by atoms with E-state index in [4.69, 9.17) is 9.47 Å². The first kappa shape index (κ1) is 17.9. The van der Waals surface area contributed by atoms with E-state index in [1.807, 2.05) is 6.07 Å². The molecule has 2 aliphatic rings. The number of likely N-dealkylation sites (tertiary alicyclic amines) is 1. The highest BCUT2D eigenvalue weighted by atomic mass is 16.6. The molecule has 1 saturated carbocycles. The van der Waals surface area contributed by atoms with Crippen LogP contribution in [0.5, 0.6) is 0 Å². The van der Waals surface area contributed by atoms with E-state index in [2.05, 4.69) is 24.3 Å². The Morgan fingerprint density at radius 1 is 1.16 bits per heavy atom. The van der Waals surface area contributed by atoms with E-state index in [1.54, 1.807) is 6.92 Å². The van der Waals surface area contributed by atoms with Crippen molar-refractivity contribution in [1.82, 2.24) is 4.90 Å². The van der Waals surface area contributed by atoms with Crippen molar-refractivity contribution in [3.05, 3.63) is 35.9 Å². The van der Waals surface area contributed by atoms with Crippen molar-refractivity contribution in [3.8, 4) is 0 Å². The van der Waals surface area contributed by atoms with Gasteiger partial charge in [0.15, 0.2) is 5.78 Å². The lowest BCUT2D eigenvalue weighted by Gasteiger charge is -2.44. The van der Waals surface area contributed by atoms with E-state index in [-0.39, 0.29) is 11.9 Å². The van der Waals surface area contributed by atoms with Gasteiger partial charge in [0.1, 0.15) is 0 Å². The lowest BCUT2D eigenvalue weighted by Crippen LogP contribution is -2.61. The maximum atomic E-state index is 12.5. The molecule has 2 fully saturated rings. The maximum absolute atomic E-state index is 12.5. The summed E-state index contributed by atoms with van der Waals surface area (Å²) in [5, 5.41) is 0. The molecule has 5 heteroatoms. The third-order valence-corrected chi connectivity index (χ3v) is 5.55. The number of hydrogen-bond acceptors (Lipinski definition) is 4. The summed E-state index contributed by atoms with van der Waals surface area (Å²) in [7, 11) is 1.34. The van der Waals surface area contributed by atoms with E-state index in [0.717, 1.165) is 25.7 Å². The van der Waals surface area contributed by atoms with E-state index in [1.165, 1.54) is 17.6 Å². The van der Waals surface area contributed by atoms with Crippen LogP contribution in [-0.4, -0.2) is 42.3 Å². The SMILES string of the molecule is COC(=O)N1CCCC(=O)C1(C)OC1CCC(c2ccccc2)CC1. The number of Topliss-reactive ketones (excluding diaryl/α,β-unsaturated/α-hetero) is 1. The predicted octanol–water partition coefficient (Wildman–Crippen LogP) is 3.88. The Morgan fingerprint density at radius 2 is 1.84 bits per heavy atom. The van der Waals surface area contributed by atoms with Gasteiger partial charge in [-0.25, -0.2) is 4.79 Å². The molecule has 0 radical (unpaired) electrons. The Bertz CT molecular complexity index is 609. The van der Waals surface area contributed by atoms with Crippen LogP contribution >= 0.6 is 0 Å². The minimum Gasteiger partial charge on any atom is -0.453 e. The van der Waals surface area contributed by atoms with Gasteiger partial charge in [-0.2, -0.15) is 0 Å². The molecule has 5 nitrogen and oxygen atoms in total. The summed E-state index contributed by atoms with van der Waals surface area (Å²) < 4.78 is 11.1. The number of benzene rings is 1. The maximum Gasteiger partial charge on any atom is 0.412 e. The van der Waals surface area contributed by atoms with Gasteiger partial charge in [-0.15, -0.1) is 0 Å². The summed E-state index contributed by atoms with van der Waals surface area (Å²) >= 11 is 0. The van der Waals surface area contributed by atoms with Crippen molar-refractivity contribution >= 4 is 11.9 Å². The van der Waals surface area contributed by atoms with Gasteiger partial charge in [-0.05, 0) is 50.5 Å². The number of rotatable bonds is 3. The molecule has 0 aromatic heterocycles. The highest BCUT2D eigenvalue weighted by molar-refractivity contribution is 5.90. The molecule has 1 heterocycles. The second-order valence-corrected chi connectivity index (χ2v) is 7.13. The molecule has 0 spiro atoms. The molecule has 0 N–H and O–H groups in total. The van der Waals surface area contributed by atoms with E-state index in [9.17, 15) is 9.59 Å². The second kappa shape index (κ2) is 7.56. The summed E-state index contributed by atoms with van der Waals surface area (Å²) in [6.07, 6.45) is 4.49. The molecule has 1 aliphatic carbocycles. The molecular weight excluding hydrogens is 318 g/mol. The van der Waals surface area contributed by atoms with Crippen LogP contribution in [0.15, 0.2) is 30.3 Å². The topological polar surface area (TPSA) is 55.8 Å². The molecule has 1 aromatic rings. The Balaban J connectivity index is 1.65. The molecule has 1 saturated heterocycles. The number of ketones is 1. The van der Waals surface area contributed by atoms with Crippen molar-refractivity contribution in [2.24, 2.45) is 0 Å². The predicted molar refractivity (Wildman–Crippen MR) is 94.3 cm³/mol. The fourth-order valence-electron chi connectivity index (χ4n) is 4.06. The monoisotopic (exact) mass is 345 g/mol. The quantitative estimate of drug-likeness (QED) is 0.834. The smallest absolute Gasteiger partial charge is 0.412 e. The first-order valence-electron chi connectivity index (χ1n) is 9.16. The highest BCUT2D eigenvalue weighted by Gasteiger charge is 2.47. The van der Waals surface area contributed by atoms with Crippen LogP contribution in [0, 0.1) is 0 Å². The average Bonchev–Trinajstić information content (AvgIpc) is 2.65. The van der Waals surface area contributed by atoms with Crippen molar-refractivity contribution < 1.29 is 19.1 Å². The summed E-state index contributed by atoms with van der Waals surface area (Å²) in [5.41, 5.74) is 0.173. The average molecular weight is 345 g/mol. The standard InChI is InChI=1S/C20H27NO4/c1-20(18(22)9-6-14-21(20)19(23)24-2)25-17-12-10-16(11-13-17)15-7-4-3-5-8-15/h3-5,7-8,16-17H,6,9-14H2,1-2H3. The Morgan fingerprint density at radius 3 is 2.48 bits per heavy atom. The van der Waals surface area contributed by atoms with Gasteiger partial charge in [-0.1, -0.05) is 30.3 Å². The normalized spacial score (nSPS) is 30.2. The molecule has 1 unspecified atom stereocenters. The zero-order chi connectivity index (χ0) is 17.9. The summed E-state index contributed by atoms with van der Waals surface area (Å²) in [6.45, 7) is 2.21. The van der Waals surface area contributed by atoms with Gasteiger partial charge in [-0.3, -0.25) is 9.69 Å². The van der Waals surface area contributed by atoms with E-state index < -0.39 is 11.8 Å². The molecular formula is C20H27NO4. The minimum atomic E-state index is -1.20. The lowest BCUT2D eigenvalue weighted by molar-refractivity contribution is -0.191. The number of methoxy groups -OCH3 is 1. The summed E-state index contributed by atoms with van der Waals surface area (Å²) in [6, 6.07) is 10.5. The molecule has 1 aromatic carbocycles. The molecule has 3 rings (SSSR count). The Kier molecular flexibility index (Phi) is 5.42. The van der Waals surface area contributed by atoms with Crippen LogP contribution in [0.2, 0.25) is 0 Å². The number of amides is 1. The van der Waals surface area contributed by atoms with E-state index in [0.29, 0.717) is 25.3 Å². The highest BCUT2D eigenvalue weighted by Crippen LogP contribution is 2.37. The lowest BCUT2D eigenvalue weighted by atomic mass is 9.82. The number of hydrogen-bond donors (Lipinski definition) is 0. The fraction of sp³-hybridized carbons (Fsp3) is 0.600. The van der Waals surface area contributed by atoms with Crippen molar-refractivity contribution in [2.75, 3.05) is 13.7 Å². The fourth-order valence-corrected chi connectivity index (χ4v) is 4.06.